The number of nitrogens with two attached hydrogens (primary N) is 1. The zero-order chi connectivity index (χ0) is 10.8. The fourth-order valence-corrected chi connectivity index (χ4v) is 2.83. The molecule has 0 spiro atoms. The number of fused-ring (bicyclic) bond motifs is 1. The van der Waals surface area contributed by atoms with Gasteiger partial charge in [-0.2, -0.15) is 5.10 Å². The van der Waals surface area contributed by atoms with Crippen LogP contribution in [-0.2, 0) is 6.54 Å². The third kappa shape index (κ3) is 2.36. The molecule has 0 atom stereocenters. The fraction of sp³-hybridized carbons (Fsp3) is 0.600. The first-order valence-corrected chi connectivity index (χ1v) is 6.15. The van der Waals surface area contributed by atoms with Crippen LogP contribution in [0.5, 0.6) is 0 Å². The average molecular weight is 261 g/mol. The summed E-state index contributed by atoms with van der Waals surface area (Å²) >= 11 is 1.68. The maximum Gasteiger partial charge on any atom is 0.212 e. The SMILES string of the molecule is CCC(CC)c1nn2cc(CN)nc2s1.Cl. The third-order valence-corrected chi connectivity index (χ3v) is 3.74. The quantitative estimate of drug-likeness (QED) is 0.919. The zero-order valence-electron chi connectivity index (χ0n) is 9.51. The number of halogens is 1. The first-order valence-electron chi connectivity index (χ1n) is 5.33. The van der Waals surface area contributed by atoms with Crippen LogP contribution in [0.15, 0.2) is 6.20 Å². The molecule has 2 heterocycles. The highest BCUT2D eigenvalue weighted by atomic mass is 35.5. The molecule has 4 nitrogen and oxygen atoms in total. The van der Waals surface area contributed by atoms with Crippen LogP contribution in [0.2, 0.25) is 0 Å². The lowest BCUT2D eigenvalue weighted by Crippen LogP contribution is -1.97. The van der Waals surface area contributed by atoms with Crippen LogP contribution in [0.1, 0.15) is 43.3 Å². The Bertz CT molecular complexity index is 415. The summed E-state index contributed by atoms with van der Waals surface area (Å²) in [7, 11) is 0. The predicted octanol–water partition coefficient (Wildman–Crippen LogP) is 2.57. The maximum atomic E-state index is 5.52. The fourth-order valence-electron chi connectivity index (χ4n) is 1.66. The van der Waals surface area contributed by atoms with Gasteiger partial charge in [0.1, 0.15) is 5.01 Å². The molecule has 0 aromatic carbocycles. The van der Waals surface area contributed by atoms with Crippen molar-refractivity contribution in [2.75, 3.05) is 0 Å². The van der Waals surface area contributed by atoms with Gasteiger partial charge in [0.25, 0.3) is 0 Å². The van der Waals surface area contributed by atoms with Gasteiger partial charge in [-0.05, 0) is 12.8 Å². The highest BCUT2D eigenvalue weighted by Crippen LogP contribution is 2.27. The van der Waals surface area contributed by atoms with Crippen LogP contribution >= 0.6 is 23.7 Å². The van der Waals surface area contributed by atoms with Crippen molar-refractivity contribution in [3.8, 4) is 0 Å². The summed E-state index contributed by atoms with van der Waals surface area (Å²) in [5, 5.41) is 5.73. The summed E-state index contributed by atoms with van der Waals surface area (Å²) in [6, 6.07) is 0. The van der Waals surface area contributed by atoms with E-state index in [1.54, 1.807) is 11.3 Å². The van der Waals surface area contributed by atoms with E-state index in [0.29, 0.717) is 12.5 Å². The molecule has 2 aromatic heterocycles. The monoisotopic (exact) mass is 260 g/mol. The summed E-state index contributed by atoms with van der Waals surface area (Å²) in [4.78, 5) is 5.35. The molecule has 0 saturated carbocycles. The molecule has 90 valence electrons. The van der Waals surface area contributed by atoms with Crippen LogP contribution in [-0.4, -0.2) is 14.6 Å². The van der Waals surface area contributed by atoms with Crippen molar-refractivity contribution in [3.63, 3.8) is 0 Å². The van der Waals surface area contributed by atoms with Crippen molar-refractivity contribution in [2.45, 2.75) is 39.2 Å². The zero-order valence-corrected chi connectivity index (χ0v) is 11.1. The Balaban J connectivity index is 0.00000128. The van der Waals surface area contributed by atoms with Crippen LogP contribution in [0.3, 0.4) is 0 Å². The molecular formula is C10H17ClN4S. The van der Waals surface area contributed by atoms with Gasteiger partial charge in [0, 0.05) is 12.5 Å². The molecule has 0 aliphatic rings. The third-order valence-electron chi connectivity index (χ3n) is 2.65. The van der Waals surface area contributed by atoms with Crippen LogP contribution in [0.25, 0.3) is 4.96 Å². The van der Waals surface area contributed by atoms with Gasteiger partial charge in [-0.25, -0.2) is 9.50 Å². The summed E-state index contributed by atoms with van der Waals surface area (Å²) in [5.41, 5.74) is 6.43. The molecule has 0 saturated heterocycles. The van der Waals surface area contributed by atoms with Gasteiger partial charge in [-0.15, -0.1) is 12.4 Å². The molecule has 0 unspecified atom stereocenters. The molecule has 2 rings (SSSR count). The van der Waals surface area contributed by atoms with Gasteiger partial charge >= 0.3 is 0 Å². The van der Waals surface area contributed by atoms with Gasteiger partial charge in [0.05, 0.1) is 11.9 Å². The second kappa shape index (κ2) is 5.61. The first kappa shape index (κ1) is 13.4. The Morgan fingerprint density at radius 3 is 2.62 bits per heavy atom. The van der Waals surface area contributed by atoms with Crippen LogP contribution < -0.4 is 5.73 Å². The molecule has 2 aromatic rings. The molecule has 0 aliphatic heterocycles. The molecule has 0 fully saturated rings. The first-order chi connectivity index (χ1) is 7.28. The molecular weight excluding hydrogens is 244 g/mol. The highest BCUT2D eigenvalue weighted by molar-refractivity contribution is 7.16. The van der Waals surface area contributed by atoms with E-state index in [2.05, 4.69) is 23.9 Å². The molecule has 0 amide bonds. The molecule has 6 heteroatoms. The number of aromatic nitrogens is 3. The minimum Gasteiger partial charge on any atom is -0.325 e. The van der Waals surface area contributed by atoms with E-state index in [9.17, 15) is 0 Å². The molecule has 16 heavy (non-hydrogen) atoms. The topological polar surface area (TPSA) is 56.2 Å². The number of imidazole rings is 1. The maximum absolute atomic E-state index is 5.52. The van der Waals surface area contributed by atoms with Crippen molar-refractivity contribution in [3.05, 3.63) is 16.9 Å². The second-order valence-corrected chi connectivity index (χ2v) is 4.60. The smallest absolute Gasteiger partial charge is 0.212 e. The Hall–Kier alpha value is -0.650. The minimum atomic E-state index is 0. The minimum absolute atomic E-state index is 0. The van der Waals surface area contributed by atoms with E-state index < -0.39 is 0 Å². The number of nitrogens with zero attached hydrogens (tertiary/aromatic N) is 3. The van der Waals surface area contributed by atoms with Crippen LogP contribution in [0.4, 0.5) is 0 Å². The van der Waals surface area contributed by atoms with E-state index in [1.165, 1.54) is 5.01 Å². The van der Waals surface area contributed by atoms with E-state index in [0.717, 1.165) is 23.5 Å². The van der Waals surface area contributed by atoms with Crippen molar-refractivity contribution >= 4 is 28.7 Å². The van der Waals surface area contributed by atoms with E-state index in [1.807, 2.05) is 10.7 Å². The lowest BCUT2D eigenvalue weighted by Gasteiger charge is -2.05. The largest absolute Gasteiger partial charge is 0.325 e. The lowest BCUT2D eigenvalue weighted by atomic mass is 10.1. The molecule has 0 bridgehead atoms. The predicted molar refractivity (Wildman–Crippen MR) is 69.3 cm³/mol. The van der Waals surface area contributed by atoms with Gasteiger partial charge in [0.15, 0.2) is 0 Å². The van der Waals surface area contributed by atoms with Crippen molar-refractivity contribution in [2.24, 2.45) is 5.73 Å². The second-order valence-electron chi connectivity index (χ2n) is 3.62. The molecule has 2 N–H and O–H groups in total. The summed E-state index contributed by atoms with van der Waals surface area (Å²) in [6.45, 7) is 4.88. The highest BCUT2D eigenvalue weighted by Gasteiger charge is 2.14. The Morgan fingerprint density at radius 2 is 2.12 bits per heavy atom. The summed E-state index contributed by atoms with van der Waals surface area (Å²) in [6.07, 6.45) is 4.19. The Morgan fingerprint density at radius 1 is 1.44 bits per heavy atom. The average Bonchev–Trinajstić information content (AvgIpc) is 2.77. The van der Waals surface area contributed by atoms with Gasteiger partial charge in [-0.1, -0.05) is 25.2 Å². The number of rotatable bonds is 4. The standard InChI is InChI=1S/C10H16N4S.ClH/c1-3-7(4-2)9-13-14-6-8(5-11)12-10(14)15-9;/h6-7H,3-5,11H2,1-2H3;1H. The summed E-state index contributed by atoms with van der Waals surface area (Å²) in [5.74, 6) is 0.568. The Labute approximate surface area is 105 Å². The van der Waals surface area contributed by atoms with E-state index in [-0.39, 0.29) is 12.4 Å². The normalized spacial score (nSPS) is 11.0. The number of hydrogen-bond donors (Lipinski definition) is 1. The Kier molecular flexibility index (Phi) is 4.70. The van der Waals surface area contributed by atoms with Crippen molar-refractivity contribution < 1.29 is 0 Å². The molecule has 0 aliphatic carbocycles. The van der Waals surface area contributed by atoms with Gasteiger partial charge < -0.3 is 5.73 Å². The van der Waals surface area contributed by atoms with Crippen molar-refractivity contribution in [1.29, 1.82) is 0 Å². The van der Waals surface area contributed by atoms with Gasteiger partial charge in [0.2, 0.25) is 4.96 Å². The molecule has 0 radical (unpaired) electrons. The van der Waals surface area contributed by atoms with E-state index >= 15 is 0 Å². The number of hydrogen-bond acceptors (Lipinski definition) is 4. The van der Waals surface area contributed by atoms with Crippen LogP contribution in [0, 0.1) is 0 Å². The summed E-state index contributed by atoms with van der Waals surface area (Å²) < 4.78 is 1.85. The van der Waals surface area contributed by atoms with Crippen molar-refractivity contribution in [1.82, 2.24) is 14.6 Å². The van der Waals surface area contributed by atoms with Gasteiger partial charge in [-0.3, -0.25) is 0 Å². The van der Waals surface area contributed by atoms with E-state index in [4.69, 9.17) is 5.73 Å². The lowest BCUT2D eigenvalue weighted by molar-refractivity contribution is 0.626.